The van der Waals surface area contributed by atoms with Gasteiger partial charge in [-0.1, -0.05) is 33.6 Å². The second-order valence-corrected chi connectivity index (χ2v) is 4.10. The molecule has 0 aliphatic carbocycles. The Bertz CT molecular complexity index is 467. The van der Waals surface area contributed by atoms with Crippen molar-refractivity contribution in [3.8, 4) is 11.3 Å². The van der Waals surface area contributed by atoms with Crippen molar-refractivity contribution in [1.29, 1.82) is 0 Å². The highest BCUT2D eigenvalue weighted by Crippen LogP contribution is 2.29. The molecule has 2 rings (SSSR count). The van der Waals surface area contributed by atoms with Crippen LogP contribution in [0.1, 0.15) is 0 Å². The molecule has 0 radical (unpaired) electrons. The summed E-state index contributed by atoms with van der Waals surface area (Å²) in [6.07, 6.45) is 1.68. The van der Waals surface area contributed by atoms with Crippen molar-refractivity contribution in [2.75, 3.05) is 5.73 Å². The Hall–Kier alpha value is -1.000. The number of nitrogen functional groups attached to an aromatic ring is 1. The zero-order valence-electron chi connectivity index (χ0n) is 7.09. The van der Waals surface area contributed by atoms with Crippen LogP contribution in [0.25, 0.3) is 11.3 Å². The summed E-state index contributed by atoms with van der Waals surface area (Å²) >= 11 is 9.25. The van der Waals surface area contributed by atoms with E-state index in [-0.39, 0.29) is 0 Å². The number of nitrogens with two attached hydrogens (primary N) is 1. The van der Waals surface area contributed by atoms with Gasteiger partial charge in [-0.05, 0) is 12.1 Å². The minimum absolute atomic E-state index is 0.404. The van der Waals surface area contributed by atoms with Gasteiger partial charge in [0.15, 0.2) is 5.95 Å². The molecular weight excluding hydrogens is 265 g/mol. The van der Waals surface area contributed by atoms with Gasteiger partial charge in [0.25, 0.3) is 0 Å². The average Bonchev–Trinajstić information content (AvgIpc) is 2.51. The summed E-state index contributed by atoms with van der Waals surface area (Å²) < 4.78 is 0.911. The first kappa shape index (κ1) is 9.55. The molecule has 0 atom stereocenters. The molecule has 1 heterocycles. The SMILES string of the molecule is Nc1ncc(-c2ccc(Cl)cc2Br)[nH]1. The van der Waals surface area contributed by atoms with Crippen molar-refractivity contribution in [3.05, 3.63) is 33.9 Å². The van der Waals surface area contributed by atoms with Gasteiger partial charge >= 0.3 is 0 Å². The minimum Gasteiger partial charge on any atom is -0.369 e. The molecule has 72 valence electrons. The van der Waals surface area contributed by atoms with E-state index in [0.717, 1.165) is 15.7 Å². The molecular formula is C9H7BrClN3. The van der Waals surface area contributed by atoms with E-state index in [4.69, 9.17) is 17.3 Å². The van der Waals surface area contributed by atoms with Crippen molar-refractivity contribution in [3.63, 3.8) is 0 Å². The Kier molecular flexibility index (Phi) is 2.48. The standard InChI is InChI=1S/C9H7BrClN3/c10-7-3-5(11)1-2-6(7)8-4-13-9(12)14-8/h1-4H,(H3,12,13,14). The first-order valence-electron chi connectivity index (χ1n) is 3.93. The maximum absolute atomic E-state index is 5.83. The molecule has 3 N–H and O–H groups in total. The van der Waals surface area contributed by atoms with E-state index < -0.39 is 0 Å². The summed E-state index contributed by atoms with van der Waals surface area (Å²) in [5.41, 5.74) is 7.34. The molecule has 0 bridgehead atoms. The quantitative estimate of drug-likeness (QED) is 0.838. The van der Waals surface area contributed by atoms with Crippen molar-refractivity contribution in [1.82, 2.24) is 9.97 Å². The van der Waals surface area contributed by atoms with Crippen LogP contribution in [0.2, 0.25) is 5.02 Å². The Labute approximate surface area is 94.4 Å². The molecule has 0 aliphatic rings. The lowest BCUT2D eigenvalue weighted by molar-refractivity contribution is 1.32. The molecule has 0 aliphatic heterocycles. The van der Waals surface area contributed by atoms with Gasteiger partial charge in [-0.25, -0.2) is 4.98 Å². The van der Waals surface area contributed by atoms with Gasteiger partial charge in [0.05, 0.1) is 11.9 Å². The number of anilines is 1. The number of H-pyrrole nitrogens is 1. The lowest BCUT2D eigenvalue weighted by Crippen LogP contribution is -1.86. The topological polar surface area (TPSA) is 54.7 Å². The number of halogens is 2. The van der Waals surface area contributed by atoms with Gasteiger partial charge in [0.1, 0.15) is 0 Å². The zero-order chi connectivity index (χ0) is 10.1. The Morgan fingerprint density at radius 3 is 2.79 bits per heavy atom. The van der Waals surface area contributed by atoms with Crippen molar-refractivity contribution in [2.24, 2.45) is 0 Å². The van der Waals surface area contributed by atoms with Gasteiger partial charge in [-0.15, -0.1) is 0 Å². The van der Waals surface area contributed by atoms with Gasteiger partial charge in [-0.2, -0.15) is 0 Å². The van der Waals surface area contributed by atoms with Crippen LogP contribution in [-0.2, 0) is 0 Å². The lowest BCUT2D eigenvalue weighted by atomic mass is 10.2. The first-order chi connectivity index (χ1) is 6.66. The normalized spacial score (nSPS) is 10.4. The molecule has 1 aromatic heterocycles. The fourth-order valence-corrected chi connectivity index (χ4v) is 2.08. The summed E-state index contributed by atoms with van der Waals surface area (Å²) in [6, 6.07) is 5.55. The molecule has 1 aromatic carbocycles. The third-order valence-electron chi connectivity index (χ3n) is 1.82. The van der Waals surface area contributed by atoms with E-state index in [1.807, 2.05) is 18.2 Å². The van der Waals surface area contributed by atoms with E-state index in [9.17, 15) is 0 Å². The van der Waals surface area contributed by atoms with Gasteiger partial charge in [-0.3, -0.25) is 0 Å². The van der Waals surface area contributed by atoms with Gasteiger partial charge < -0.3 is 10.7 Å². The molecule has 14 heavy (non-hydrogen) atoms. The highest BCUT2D eigenvalue weighted by Gasteiger charge is 2.05. The second-order valence-electron chi connectivity index (χ2n) is 2.81. The largest absolute Gasteiger partial charge is 0.369 e. The summed E-state index contributed by atoms with van der Waals surface area (Å²) in [4.78, 5) is 6.87. The number of hydrogen-bond donors (Lipinski definition) is 2. The molecule has 0 saturated carbocycles. The number of nitrogens with one attached hydrogen (secondary N) is 1. The summed E-state index contributed by atoms with van der Waals surface area (Å²) in [5, 5.41) is 0.688. The third-order valence-corrected chi connectivity index (χ3v) is 2.71. The molecule has 2 aromatic rings. The summed E-state index contributed by atoms with van der Waals surface area (Å²) in [5.74, 6) is 0.404. The van der Waals surface area contributed by atoms with Crippen LogP contribution in [-0.4, -0.2) is 9.97 Å². The fourth-order valence-electron chi connectivity index (χ4n) is 1.18. The van der Waals surface area contributed by atoms with Crippen LogP contribution in [0, 0.1) is 0 Å². The molecule has 5 heteroatoms. The predicted molar refractivity (Wildman–Crippen MR) is 61.1 cm³/mol. The highest BCUT2D eigenvalue weighted by atomic mass is 79.9. The van der Waals surface area contributed by atoms with Crippen LogP contribution in [0.3, 0.4) is 0 Å². The molecule has 0 saturated heterocycles. The number of benzene rings is 1. The number of rotatable bonds is 1. The Morgan fingerprint density at radius 2 is 2.21 bits per heavy atom. The monoisotopic (exact) mass is 271 g/mol. The Balaban J connectivity index is 2.52. The number of aromatic nitrogens is 2. The van der Waals surface area contributed by atoms with E-state index >= 15 is 0 Å². The van der Waals surface area contributed by atoms with Crippen LogP contribution in [0.5, 0.6) is 0 Å². The third kappa shape index (κ3) is 1.76. The average molecular weight is 273 g/mol. The molecule has 0 fully saturated rings. The Morgan fingerprint density at radius 1 is 1.43 bits per heavy atom. The number of nitrogens with zero attached hydrogens (tertiary/aromatic N) is 1. The maximum Gasteiger partial charge on any atom is 0.197 e. The lowest BCUT2D eigenvalue weighted by Gasteiger charge is -2.01. The molecule has 3 nitrogen and oxygen atoms in total. The first-order valence-corrected chi connectivity index (χ1v) is 5.10. The number of hydrogen-bond acceptors (Lipinski definition) is 2. The number of aromatic amines is 1. The van der Waals surface area contributed by atoms with Crippen LogP contribution in [0.15, 0.2) is 28.9 Å². The van der Waals surface area contributed by atoms with E-state index in [1.165, 1.54) is 0 Å². The van der Waals surface area contributed by atoms with Gasteiger partial charge in [0, 0.05) is 15.1 Å². The van der Waals surface area contributed by atoms with E-state index in [0.29, 0.717) is 11.0 Å². The van der Waals surface area contributed by atoms with Crippen LogP contribution >= 0.6 is 27.5 Å². The van der Waals surface area contributed by atoms with Crippen molar-refractivity contribution < 1.29 is 0 Å². The van der Waals surface area contributed by atoms with E-state index in [1.54, 1.807) is 6.20 Å². The maximum atomic E-state index is 5.83. The van der Waals surface area contributed by atoms with Crippen molar-refractivity contribution in [2.45, 2.75) is 0 Å². The molecule has 0 amide bonds. The highest BCUT2D eigenvalue weighted by molar-refractivity contribution is 9.10. The zero-order valence-corrected chi connectivity index (χ0v) is 9.43. The predicted octanol–water partition coefficient (Wildman–Crippen LogP) is 3.07. The number of imidazole rings is 1. The fraction of sp³-hybridized carbons (Fsp3) is 0. The summed E-state index contributed by atoms with van der Waals surface area (Å²) in [6.45, 7) is 0. The summed E-state index contributed by atoms with van der Waals surface area (Å²) in [7, 11) is 0. The van der Waals surface area contributed by atoms with Crippen LogP contribution < -0.4 is 5.73 Å². The van der Waals surface area contributed by atoms with Crippen LogP contribution in [0.4, 0.5) is 5.95 Å². The smallest absolute Gasteiger partial charge is 0.197 e. The van der Waals surface area contributed by atoms with Crippen molar-refractivity contribution >= 4 is 33.5 Å². The minimum atomic E-state index is 0.404. The molecule has 0 spiro atoms. The van der Waals surface area contributed by atoms with E-state index in [2.05, 4.69) is 25.9 Å². The molecule has 0 unspecified atom stereocenters. The second kappa shape index (κ2) is 3.63. The van der Waals surface area contributed by atoms with Gasteiger partial charge in [0.2, 0.25) is 0 Å².